The zero-order valence-electron chi connectivity index (χ0n) is 11.5. The van der Waals surface area contributed by atoms with Gasteiger partial charge in [-0.25, -0.2) is 4.79 Å². The van der Waals surface area contributed by atoms with Gasteiger partial charge in [-0.05, 0) is 33.8 Å². The molecule has 6 nitrogen and oxygen atoms in total. The number of hydrogen-bond donors (Lipinski definition) is 2. The van der Waals surface area contributed by atoms with Crippen LogP contribution in [0.15, 0.2) is 12.3 Å². The van der Waals surface area contributed by atoms with Gasteiger partial charge in [0.15, 0.2) is 5.78 Å². The number of carbonyl (C=O) groups excluding carboxylic acids is 2. The quantitative estimate of drug-likeness (QED) is 0.817. The third-order valence-corrected chi connectivity index (χ3v) is 2.18. The van der Waals surface area contributed by atoms with Crippen molar-refractivity contribution in [3.8, 4) is 5.75 Å². The van der Waals surface area contributed by atoms with Crippen molar-refractivity contribution in [3.63, 3.8) is 0 Å². The molecule has 1 amide bonds. The van der Waals surface area contributed by atoms with E-state index in [4.69, 9.17) is 4.74 Å². The van der Waals surface area contributed by atoms with Gasteiger partial charge in [-0.2, -0.15) is 0 Å². The Hall–Kier alpha value is -2.11. The average Bonchev–Trinajstić information content (AvgIpc) is 2.24. The summed E-state index contributed by atoms with van der Waals surface area (Å²) in [6.07, 6.45) is 0.796. The van der Waals surface area contributed by atoms with Crippen LogP contribution < -0.4 is 5.32 Å². The van der Waals surface area contributed by atoms with Crippen LogP contribution in [0.5, 0.6) is 5.75 Å². The van der Waals surface area contributed by atoms with Crippen LogP contribution in [0, 0.1) is 0 Å². The van der Waals surface area contributed by atoms with Crippen LogP contribution in [0.25, 0.3) is 0 Å². The van der Waals surface area contributed by atoms with Crippen LogP contribution in [-0.2, 0) is 11.3 Å². The highest BCUT2D eigenvalue weighted by atomic mass is 16.6. The molecule has 19 heavy (non-hydrogen) atoms. The van der Waals surface area contributed by atoms with E-state index in [0.717, 1.165) is 0 Å². The fourth-order valence-corrected chi connectivity index (χ4v) is 1.38. The lowest BCUT2D eigenvalue weighted by Crippen LogP contribution is -2.32. The molecule has 0 aliphatic heterocycles. The maximum absolute atomic E-state index is 11.5. The van der Waals surface area contributed by atoms with E-state index in [1.807, 2.05) is 0 Å². The Kier molecular flexibility index (Phi) is 4.47. The summed E-state index contributed by atoms with van der Waals surface area (Å²) in [7, 11) is 0. The van der Waals surface area contributed by atoms with Gasteiger partial charge < -0.3 is 15.2 Å². The molecule has 0 radical (unpaired) electrons. The fourth-order valence-electron chi connectivity index (χ4n) is 1.38. The molecule has 0 fully saturated rings. The number of rotatable bonds is 3. The molecular formula is C13H18N2O4. The van der Waals surface area contributed by atoms with Gasteiger partial charge in [0.1, 0.15) is 17.0 Å². The minimum absolute atomic E-state index is 0.0120. The van der Waals surface area contributed by atoms with Gasteiger partial charge in [0, 0.05) is 6.20 Å². The molecule has 1 aromatic heterocycles. The van der Waals surface area contributed by atoms with E-state index in [1.165, 1.54) is 19.2 Å². The minimum atomic E-state index is -0.609. The van der Waals surface area contributed by atoms with Crippen molar-refractivity contribution in [3.05, 3.63) is 23.5 Å². The molecule has 0 saturated heterocycles. The van der Waals surface area contributed by atoms with Crippen LogP contribution in [0.3, 0.4) is 0 Å². The second kappa shape index (κ2) is 5.69. The number of ether oxygens (including phenoxy) is 1. The topological polar surface area (TPSA) is 88.5 Å². The number of aromatic nitrogens is 1. The zero-order valence-corrected chi connectivity index (χ0v) is 11.5. The first kappa shape index (κ1) is 14.9. The highest BCUT2D eigenvalue weighted by molar-refractivity contribution is 5.96. The number of carbonyl (C=O) groups is 2. The SMILES string of the molecule is CC(=O)c1ccnc(CNC(=O)OC(C)(C)C)c1O. The number of alkyl carbamates (subject to hydrolysis) is 1. The summed E-state index contributed by atoms with van der Waals surface area (Å²) < 4.78 is 5.05. The summed E-state index contributed by atoms with van der Waals surface area (Å²) in [6, 6.07) is 1.43. The molecule has 1 aromatic rings. The number of hydrogen-bond acceptors (Lipinski definition) is 5. The smallest absolute Gasteiger partial charge is 0.407 e. The normalized spacial score (nSPS) is 10.9. The van der Waals surface area contributed by atoms with Crippen LogP contribution in [0.1, 0.15) is 43.7 Å². The molecule has 6 heteroatoms. The zero-order chi connectivity index (χ0) is 14.6. The second-order valence-electron chi connectivity index (χ2n) is 5.07. The number of Topliss-reactive ketones (excluding diaryl/α,β-unsaturated/α-hetero) is 1. The van der Waals surface area contributed by atoms with Gasteiger partial charge in [-0.3, -0.25) is 9.78 Å². The van der Waals surface area contributed by atoms with Crippen LogP contribution in [0.4, 0.5) is 4.79 Å². The van der Waals surface area contributed by atoms with E-state index in [1.54, 1.807) is 20.8 Å². The van der Waals surface area contributed by atoms with E-state index >= 15 is 0 Å². The van der Waals surface area contributed by atoms with E-state index in [0.29, 0.717) is 0 Å². The fraction of sp³-hybridized carbons (Fsp3) is 0.462. The van der Waals surface area contributed by atoms with Crippen molar-refractivity contribution in [2.24, 2.45) is 0 Å². The number of nitrogens with zero attached hydrogens (tertiary/aromatic N) is 1. The summed E-state index contributed by atoms with van der Waals surface area (Å²) in [5.74, 6) is -0.482. The third-order valence-electron chi connectivity index (χ3n) is 2.18. The number of amides is 1. The number of pyridine rings is 1. The molecule has 0 spiro atoms. The number of ketones is 1. The van der Waals surface area contributed by atoms with Gasteiger partial charge in [0.05, 0.1) is 12.1 Å². The molecule has 104 valence electrons. The molecular weight excluding hydrogens is 248 g/mol. The van der Waals surface area contributed by atoms with Crippen LogP contribution in [0.2, 0.25) is 0 Å². The lowest BCUT2D eigenvalue weighted by Gasteiger charge is -2.19. The molecule has 0 bridgehead atoms. The molecule has 1 heterocycles. The first-order valence-electron chi connectivity index (χ1n) is 5.85. The summed E-state index contributed by atoms with van der Waals surface area (Å²) in [5.41, 5.74) is -0.199. The van der Waals surface area contributed by atoms with Gasteiger partial charge in [-0.1, -0.05) is 0 Å². The first-order valence-corrected chi connectivity index (χ1v) is 5.85. The summed E-state index contributed by atoms with van der Waals surface area (Å²) >= 11 is 0. The van der Waals surface area contributed by atoms with Crippen LogP contribution in [-0.4, -0.2) is 27.6 Å². The Bertz CT molecular complexity index is 492. The molecule has 2 N–H and O–H groups in total. The summed E-state index contributed by atoms with van der Waals surface area (Å²) in [4.78, 5) is 26.6. The molecule has 0 unspecified atom stereocenters. The minimum Gasteiger partial charge on any atom is -0.505 e. The van der Waals surface area contributed by atoms with Crippen molar-refractivity contribution in [2.45, 2.75) is 39.8 Å². The molecule has 1 rings (SSSR count). The van der Waals surface area contributed by atoms with Crippen molar-refractivity contribution in [1.29, 1.82) is 0 Å². The van der Waals surface area contributed by atoms with Crippen molar-refractivity contribution < 1.29 is 19.4 Å². The monoisotopic (exact) mass is 266 g/mol. The average molecular weight is 266 g/mol. The first-order chi connectivity index (χ1) is 8.70. The van der Waals surface area contributed by atoms with Gasteiger partial charge >= 0.3 is 6.09 Å². The Morgan fingerprint density at radius 3 is 2.58 bits per heavy atom. The lowest BCUT2D eigenvalue weighted by molar-refractivity contribution is 0.0522. The number of nitrogens with one attached hydrogen (secondary N) is 1. The predicted octanol–water partition coefficient (Wildman–Crippen LogP) is 2.01. The molecule has 0 saturated carbocycles. The molecule has 0 aliphatic carbocycles. The Morgan fingerprint density at radius 2 is 2.05 bits per heavy atom. The Balaban J connectivity index is 2.71. The highest BCUT2D eigenvalue weighted by Crippen LogP contribution is 2.20. The third kappa shape index (κ3) is 4.57. The largest absolute Gasteiger partial charge is 0.505 e. The summed E-state index contributed by atoms with van der Waals surface area (Å²) in [6.45, 7) is 6.58. The van der Waals surface area contributed by atoms with Gasteiger partial charge in [0.25, 0.3) is 0 Å². The van der Waals surface area contributed by atoms with Crippen molar-refractivity contribution in [2.75, 3.05) is 0 Å². The molecule has 0 aliphatic rings. The van der Waals surface area contributed by atoms with Gasteiger partial charge in [-0.15, -0.1) is 0 Å². The predicted molar refractivity (Wildman–Crippen MR) is 69.0 cm³/mol. The lowest BCUT2D eigenvalue weighted by atomic mass is 10.1. The summed E-state index contributed by atoms with van der Waals surface area (Å²) in [5, 5.41) is 12.3. The number of aromatic hydroxyl groups is 1. The van der Waals surface area contributed by atoms with E-state index in [2.05, 4.69) is 10.3 Å². The van der Waals surface area contributed by atoms with Gasteiger partial charge in [0.2, 0.25) is 0 Å². The second-order valence-corrected chi connectivity index (χ2v) is 5.07. The molecule has 0 aromatic carbocycles. The standard InChI is InChI=1S/C13H18N2O4/c1-8(16)9-5-6-14-10(11(9)17)7-15-12(18)19-13(2,3)4/h5-6,17H,7H2,1-4H3,(H,15,18). The molecule has 0 atom stereocenters. The van der Waals surface area contributed by atoms with Crippen LogP contribution >= 0.6 is 0 Å². The van der Waals surface area contributed by atoms with E-state index in [-0.39, 0.29) is 29.3 Å². The maximum atomic E-state index is 11.5. The Labute approximate surface area is 111 Å². The van der Waals surface area contributed by atoms with E-state index < -0.39 is 11.7 Å². The van der Waals surface area contributed by atoms with Crippen molar-refractivity contribution in [1.82, 2.24) is 10.3 Å². The maximum Gasteiger partial charge on any atom is 0.407 e. The Morgan fingerprint density at radius 1 is 1.42 bits per heavy atom. The highest BCUT2D eigenvalue weighted by Gasteiger charge is 2.17. The van der Waals surface area contributed by atoms with Crippen molar-refractivity contribution >= 4 is 11.9 Å². The van der Waals surface area contributed by atoms with E-state index in [9.17, 15) is 14.7 Å².